The number of carbonyl (C=O) groups is 2. The molecule has 1 aromatic heterocycles. The molecule has 0 amide bonds. The molecule has 0 saturated heterocycles. The van der Waals surface area contributed by atoms with Gasteiger partial charge >= 0.3 is 0 Å². The predicted molar refractivity (Wildman–Crippen MR) is 97.3 cm³/mol. The lowest BCUT2D eigenvalue weighted by Gasteiger charge is -2.16. The molecule has 0 aliphatic carbocycles. The van der Waals surface area contributed by atoms with Crippen molar-refractivity contribution in [2.45, 2.75) is 25.9 Å². The second kappa shape index (κ2) is 7.74. The average Bonchev–Trinajstić information content (AvgIpc) is 3.04. The number of thiophene rings is 1. The van der Waals surface area contributed by atoms with Crippen LogP contribution in [-0.4, -0.2) is 29.4 Å². The summed E-state index contributed by atoms with van der Waals surface area (Å²) in [6.07, 6.45) is 3.12. The van der Waals surface area contributed by atoms with Gasteiger partial charge < -0.3 is 5.11 Å². The number of hydrogen-bond donors (Lipinski definition) is 2. The average molecular weight is 357 g/mol. The Morgan fingerprint density at radius 1 is 1.40 bits per heavy atom. The molecule has 2 heterocycles. The molecular weight excluding hydrogens is 338 g/mol. The van der Waals surface area contributed by atoms with Crippen LogP contribution in [0.5, 0.6) is 0 Å². The van der Waals surface area contributed by atoms with E-state index < -0.39 is 6.10 Å². The fraction of sp³-hybridized carbons (Fsp3) is 0.263. The molecule has 0 bridgehead atoms. The lowest BCUT2D eigenvalue weighted by Crippen LogP contribution is -2.26. The third-order valence-electron chi connectivity index (χ3n) is 4.05. The number of allylic oxidation sites excluding steroid dienone is 3. The highest BCUT2D eigenvalue weighted by Crippen LogP contribution is 2.28. The number of Topliss-reactive ketones (excluding diaryl/α,β-unsaturated/α-hetero) is 1. The van der Waals surface area contributed by atoms with Crippen molar-refractivity contribution >= 4 is 33.0 Å². The molecule has 1 atom stereocenters. The molecule has 0 radical (unpaired) electrons. The fourth-order valence-corrected chi connectivity index (χ4v) is 3.67. The third kappa shape index (κ3) is 4.04. The van der Waals surface area contributed by atoms with E-state index in [0.717, 1.165) is 10.1 Å². The molecule has 1 aliphatic rings. The van der Waals surface area contributed by atoms with Gasteiger partial charge in [0.2, 0.25) is 5.78 Å². The second-order valence-corrected chi connectivity index (χ2v) is 6.99. The van der Waals surface area contributed by atoms with Gasteiger partial charge in [-0.15, -0.1) is 11.3 Å². The molecular formula is C19H19NO4S. The van der Waals surface area contributed by atoms with E-state index in [0.29, 0.717) is 22.4 Å². The van der Waals surface area contributed by atoms with Crippen molar-refractivity contribution in [3.63, 3.8) is 0 Å². The molecule has 2 aromatic rings. The Morgan fingerprint density at radius 2 is 2.20 bits per heavy atom. The smallest absolute Gasteiger partial charge is 0.204 e. The molecule has 2 N–H and O–H groups in total. The number of fused-ring (bicyclic) bond motifs is 1. The van der Waals surface area contributed by atoms with Gasteiger partial charge in [-0.1, -0.05) is 18.2 Å². The largest absolute Gasteiger partial charge is 0.394 e. The molecule has 1 unspecified atom stereocenters. The number of aliphatic hydroxyl groups excluding tert-OH is 1. The highest BCUT2D eigenvalue weighted by molar-refractivity contribution is 7.21. The van der Waals surface area contributed by atoms with Gasteiger partial charge in [-0.3, -0.25) is 19.9 Å². The highest BCUT2D eigenvalue weighted by Gasteiger charge is 2.19. The Morgan fingerprint density at radius 3 is 2.96 bits per heavy atom. The zero-order valence-electron chi connectivity index (χ0n) is 13.8. The third-order valence-corrected chi connectivity index (χ3v) is 5.17. The van der Waals surface area contributed by atoms with Crippen molar-refractivity contribution in [2.24, 2.45) is 0 Å². The topological polar surface area (TPSA) is 75.6 Å². The molecule has 0 fully saturated rings. The van der Waals surface area contributed by atoms with Crippen molar-refractivity contribution in [1.29, 1.82) is 0 Å². The Labute approximate surface area is 149 Å². The summed E-state index contributed by atoms with van der Waals surface area (Å²) < 4.78 is 1.04. The van der Waals surface area contributed by atoms with Gasteiger partial charge in [-0.25, -0.2) is 0 Å². The van der Waals surface area contributed by atoms with E-state index >= 15 is 0 Å². The fourth-order valence-electron chi connectivity index (χ4n) is 2.66. The van der Waals surface area contributed by atoms with Crippen LogP contribution >= 0.6 is 11.3 Å². The number of hydrogen-bond acceptors (Lipinski definition) is 6. The zero-order chi connectivity index (χ0) is 17.8. The van der Waals surface area contributed by atoms with Crippen LogP contribution in [0.1, 0.15) is 29.4 Å². The van der Waals surface area contributed by atoms with E-state index in [4.69, 9.17) is 4.84 Å². The molecule has 25 heavy (non-hydrogen) atoms. The molecule has 3 rings (SSSR count). The lowest BCUT2D eigenvalue weighted by atomic mass is 10.00. The number of hydroxylamine groups is 1. The number of ketones is 2. The Bertz CT molecular complexity index is 832. The van der Waals surface area contributed by atoms with Gasteiger partial charge in [0.05, 0.1) is 11.5 Å². The van der Waals surface area contributed by atoms with Crippen LogP contribution in [0, 0.1) is 0 Å². The van der Waals surface area contributed by atoms with E-state index in [1.807, 2.05) is 30.3 Å². The van der Waals surface area contributed by atoms with E-state index in [-0.39, 0.29) is 24.6 Å². The SMILES string of the molecule is CC1=CC(=O)CCC(CO)ONC=C1C(=O)c1cc2ccccc2s1. The molecule has 1 aliphatic heterocycles. The van der Waals surface area contributed by atoms with Crippen molar-refractivity contribution in [2.75, 3.05) is 6.61 Å². The molecule has 0 spiro atoms. The normalized spacial score (nSPS) is 19.1. The molecule has 130 valence electrons. The summed E-state index contributed by atoms with van der Waals surface area (Å²) in [6.45, 7) is 1.54. The van der Waals surface area contributed by atoms with E-state index in [2.05, 4.69) is 5.48 Å². The summed E-state index contributed by atoms with van der Waals surface area (Å²) in [7, 11) is 0. The first-order valence-corrected chi connectivity index (χ1v) is 8.87. The molecule has 6 heteroatoms. The molecule has 5 nitrogen and oxygen atoms in total. The maximum Gasteiger partial charge on any atom is 0.204 e. The van der Waals surface area contributed by atoms with E-state index in [1.54, 1.807) is 6.92 Å². The number of benzene rings is 1. The van der Waals surface area contributed by atoms with Crippen molar-refractivity contribution in [1.82, 2.24) is 5.48 Å². The predicted octanol–water partition coefficient (Wildman–Crippen LogP) is 3.16. The van der Waals surface area contributed by atoms with Gasteiger partial charge in [0.15, 0.2) is 5.78 Å². The van der Waals surface area contributed by atoms with Crippen LogP contribution in [0.15, 0.2) is 53.8 Å². The summed E-state index contributed by atoms with van der Waals surface area (Å²) in [5.74, 6) is -0.253. The Balaban J connectivity index is 1.94. The maximum atomic E-state index is 12.9. The quantitative estimate of drug-likeness (QED) is 0.826. The Kier molecular flexibility index (Phi) is 5.43. The van der Waals surface area contributed by atoms with Crippen molar-refractivity contribution in [3.05, 3.63) is 58.6 Å². The number of nitrogens with one attached hydrogen (secondary N) is 1. The number of rotatable bonds is 3. The van der Waals surface area contributed by atoms with Crippen LogP contribution in [0.4, 0.5) is 0 Å². The zero-order valence-corrected chi connectivity index (χ0v) is 14.6. The molecule has 0 saturated carbocycles. The van der Waals surface area contributed by atoms with Gasteiger partial charge in [0, 0.05) is 22.9 Å². The van der Waals surface area contributed by atoms with Crippen LogP contribution in [0.3, 0.4) is 0 Å². The first kappa shape index (κ1) is 17.5. The van der Waals surface area contributed by atoms with Crippen LogP contribution in [0.2, 0.25) is 0 Å². The highest BCUT2D eigenvalue weighted by atomic mass is 32.1. The van der Waals surface area contributed by atoms with Gasteiger partial charge in [-0.05, 0) is 42.5 Å². The van der Waals surface area contributed by atoms with Crippen molar-refractivity contribution < 1.29 is 19.5 Å². The molecule has 1 aromatic carbocycles. The summed E-state index contributed by atoms with van der Waals surface area (Å²) >= 11 is 1.42. The summed E-state index contributed by atoms with van der Waals surface area (Å²) in [5, 5.41) is 10.3. The number of aliphatic hydroxyl groups is 1. The Hall–Kier alpha value is -2.28. The second-order valence-electron chi connectivity index (χ2n) is 5.91. The minimum atomic E-state index is -0.493. The summed E-state index contributed by atoms with van der Waals surface area (Å²) in [4.78, 5) is 30.9. The first-order valence-electron chi connectivity index (χ1n) is 8.05. The van der Waals surface area contributed by atoms with Gasteiger partial charge in [0.25, 0.3) is 0 Å². The van der Waals surface area contributed by atoms with E-state index in [9.17, 15) is 14.7 Å². The van der Waals surface area contributed by atoms with Gasteiger partial charge in [-0.2, -0.15) is 0 Å². The minimum absolute atomic E-state index is 0.0866. The number of carbonyl (C=O) groups excluding carboxylic acids is 2. The van der Waals surface area contributed by atoms with Crippen molar-refractivity contribution in [3.8, 4) is 0 Å². The van der Waals surface area contributed by atoms with Gasteiger partial charge in [0.1, 0.15) is 6.10 Å². The van der Waals surface area contributed by atoms with E-state index in [1.165, 1.54) is 23.6 Å². The minimum Gasteiger partial charge on any atom is -0.394 e. The summed E-state index contributed by atoms with van der Waals surface area (Å²) in [5.41, 5.74) is 3.61. The monoisotopic (exact) mass is 357 g/mol. The maximum absolute atomic E-state index is 12.9. The van der Waals surface area contributed by atoms with Crippen LogP contribution < -0.4 is 5.48 Å². The van der Waals surface area contributed by atoms with Crippen LogP contribution in [-0.2, 0) is 9.63 Å². The first-order chi connectivity index (χ1) is 12.1. The summed E-state index contributed by atoms with van der Waals surface area (Å²) in [6, 6.07) is 9.65. The standard InChI is InChI=1S/C19H19NO4S/c1-12-8-14(22)6-7-15(11-21)24-20-10-16(12)19(23)18-9-13-4-2-3-5-17(13)25-18/h2-5,8-10,15,20-21H,6-7,11H2,1H3. The lowest BCUT2D eigenvalue weighted by molar-refractivity contribution is -0.116. The van der Waals surface area contributed by atoms with Crippen LogP contribution in [0.25, 0.3) is 10.1 Å².